The Balaban J connectivity index is 1.22. The van der Waals surface area contributed by atoms with Gasteiger partial charge in [-0.1, -0.05) is 60.7 Å². The third-order valence-electron chi connectivity index (χ3n) is 7.58. The molecule has 0 saturated carbocycles. The third-order valence-corrected chi connectivity index (χ3v) is 7.58. The second-order valence-electron chi connectivity index (χ2n) is 10.5. The predicted octanol–water partition coefficient (Wildman–Crippen LogP) is 4.73. The van der Waals surface area contributed by atoms with Crippen LogP contribution in [0.15, 0.2) is 78.9 Å². The summed E-state index contributed by atoms with van der Waals surface area (Å²) in [7, 11) is 0. The van der Waals surface area contributed by atoms with Crippen LogP contribution in [0.3, 0.4) is 0 Å². The number of aromatic nitrogens is 1. The minimum atomic E-state index is -0.606. The van der Waals surface area contributed by atoms with Crippen LogP contribution in [0.4, 0.5) is 0 Å². The van der Waals surface area contributed by atoms with Crippen LogP contribution in [-0.2, 0) is 17.8 Å². The van der Waals surface area contributed by atoms with E-state index in [1.54, 1.807) is 0 Å². The number of carbonyl (C=O) groups is 1. The SMILES string of the molecule is CCOC(=O)c1c(C)n(Cc2ccccc2)c2ccc(OC[C@@H](O)CN3CCN(Cc4ccccc4)CC3)cc12. The van der Waals surface area contributed by atoms with Crippen molar-refractivity contribution in [2.45, 2.75) is 33.0 Å². The van der Waals surface area contributed by atoms with Crippen molar-refractivity contribution in [1.29, 1.82) is 0 Å². The fourth-order valence-electron chi connectivity index (χ4n) is 5.50. The van der Waals surface area contributed by atoms with Crippen LogP contribution in [0.5, 0.6) is 5.75 Å². The molecule has 210 valence electrons. The van der Waals surface area contributed by atoms with Crippen molar-refractivity contribution < 1.29 is 19.4 Å². The molecule has 0 bridgehead atoms. The van der Waals surface area contributed by atoms with Gasteiger partial charge in [-0.15, -0.1) is 0 Å². The lowest BCUT2D eigenvalue weighted by Crippen LogP contribution is -2.48. The van der Waals surface area contributed by atoms with Gasteiger partial charge in [0.25, 0.3) is 0 Å². The number of ether oxygens (including phenoxy) is 2. The summed E-state index contributed by atoms with van der Waals surface area (Å²) in [5.74, 6) is 0.294. The van der Waals surface area contributed by atoms with Crippen molar-refractivity contribution in [2.75, 3.05) is 45.9 Å². The zero-order chi connectivity index (χ0) is 27.9. The maximum absolute atomic E-state index is 12.9. The number of benzene rings is 3. The molecule has 1 aromatic heterocycles. The van der Waals surface area contributed by atoms with E-state index in [-0.39, 0.29) is 12.6 Å². The van der Waals surface area contributed by atoms with E-state index in [9.17, 15) is 9.90 Å². The molecule has 0 spiro atoms. The van der Waals surface area contributed by atoms with Crippen LogP contribution in [-0.4, -0.2) is 77.5 Å². The maximum Gasteiger partial charge on any atom is 0.340 e. The van der Waals surface area contributed by atoms with E-state index < -0.39 is 6.10 Å². The van der Waals surface area contributed by atoms with Gasteiger partial charge in [-0.3, -0.25) is 9.80 Å². The van der Waals surface area contributed by atoms with E-state index in [1.165, 1.54) is 5.56 Å². The first kappa shape index (κ1) is 27.9. The highest BCUT2D eigenvalue weighted by Crippen LogP contribution is 2.31. The Labute approximate surface area is 236 Å². The quantitative estimate of drug-likeness (QED) is 0.277. The number of hydrogen-bond acceptors (Lipinski definition) is 6. The molecular weight excluding hydrogens is 502 g/mol. The van der Waals surface area contributed by atoms with Crippen LogP contribution in [0.2, 0.25) is 0 Å². The molecule has 40 heavy (non-hydrogen) atoms. The lowest BCUT2D eigenvalue weighted by Gasteiger charge is -2.35. The first-order valence-corrected chi connectivity index (χ1v) is 14.1. The van der Waals surface area contributed by atoms with E-state index in [4.69, 9.17) is 9.47 Å². The molecule has 1 aliphatic rings. The maximum atomic E-state index is 12.9. The van der Waals surface area contributed by atoms with Crippen molar-refractivity contribution in [3.05, 3.63) is 101 Å². The Bertz CT molecular complexity index is 1400. The summed E-state index contributed by atoms with van der Waals surface area (Å²) < 4.78 is 13.6. The summed E-state index contributed by atoms with van der Waals surface area (Å²) >= 11 is 0. The van der Waals surface area contributed by atoms with Crippen LogP contribution in [0, 0.1) is 6.92 Å². The standard InChI is InChI=1S/C33H39N3O4/c1-3-39-33(38)32-25(2)36(22-27-12-8-5-9-13-27)31-15-14-29(20-30(31)32)40-24-28(37)23-35-18-16-34(17-19-35)21-26-10-6-4-7-11-26/h4-15,20,28,37H,3,16-19,21-24H2,1-2H3/t28-/m0/s1. The third kappa shape index (κ3) is 6.73. The van der Waals surface area contributed by atoms with Crippen LogP contribution in [0.1, 0.15) is 34.1 Å². The summed E-state index contributed by atoms with van der Waals surface area (Å²) in [5.41, 5.74) is 4.86. The second kappa shape index (κ2) is 13.1. The smallest absolute Gasteiger partial charge is 0.340 e. The Kier molecular flexibility index (Phi) is 9.16. The fraction of sp³-hybridized carbons (Fsp3) is 0.364. The molecule has 5 rings (SSSR count). The molecule has 2 heterocycles. The number of aliphatic hydroxyl groups excluding tert-OH is 1. The van der Waals surface area contributed by atoms with Crippen LogP contribution >= 0.6 is 0 Å². The molecular formula is C33H39N3O4. The highest BCUT2D eigenvalue weighted by molar-refractivity contribution is 6.06. The number of fused-ring (bicyclic) bond motifs is 1. The number of esters is 1. The zero-order valence-corrected chi connectivity index (χ0v) is 23.5. The van der Waals surface area contributed by atoms with Gasteiger partial charge in [0.15, 0.2) is 0 Å². The second-order valence-corrected chi connectivity index (χ2v) is 10.5. The number of rotatable bonds is 11. The molecule has 0 amide bonds. The molecule has 4 aromatic rings. The van der Waals surface area contributed by atoms with Gasteiger partial charge < -0.3 is 19.1 Å². The summed E-state index contributed by atoms with van der Waals surface area (Å²) in [4.78, 5) is 17.7. The minimum absolute atomic E-state index is 0.189. The van der Waals surface area contributed by atoms with Gasteiger partial charge >= 0.3 is 5.97 Å². The van der Waals surface area contributed by atoms with Gasteiger partial charge in [0, 0.05) is 62.4 Å². The topological polar surface area (TPSA) is 67.2 Å². The van der Waals surface area contributed by atoms with Crippen LogP contribution in [0.25, 0.3) is 10.9 Å². The van der Waals surface area contributed by atoms with E-state index in [0.717, 1.165) is 54.9 Å². The zero-order valence-electron chi connectivity index (χ0n) is 23.5. The number of hydrogen-bond donors (Lipinski definition) is 1. The van der Waals surface area contributed by atoms with Crippen molar-refractivity contribution in [2.24, 2.45) is 0 Å². The number of aliphatic hydroxyl groups is 1. The van der Waals surface area contributed by atoms with Gasteiger partial charge in [-0.25, -0.2) is 4.79 Å². The fourth-order valence-corrected chi connectivity index (χ4v) is 5.50. The summed E-state index contributed by atoms with van der Waals surface area (Å²) in [6.07, 6.45) is -0.606. The van der Waals surface area contributed by atoms with Gasteiger partial charge in [0.1, 0.15) is 18.5 Å². The molecule has 0 radical (unpaired) electrons. The van der Waals surface area contributed by atoms with Gasteiger partial charge in [-0.2, -0.15) is 0 Å². The van der Waals surface area contributed by atoms with Gasteiger partial charge in [0.2, 0.25) is 0 Å². The first-order valence-electron chi connectivity index (χ1n) is 14.1. The molecule has 1 atom stereocenters. The first-order chi connectivity index (χ1) is 19.5. The summed E-state index contributed by atoms with van der Waals surface area (Å²) in [6, 6.07) is 26.5. The van der Waals surface area contributed by atoms with E-state index in [0.29, 0.717) is 31.0 Å². The number of β-amino-alcohol motifs (C(OH)–C–C–N with tert-alkyl or cyclic N) is 1. The highest BCUT2D eigenvalue weighted by Gasteiger charge is 2.23. The Morgan fingerprint density at radius 1 is 0.875 bits per heavy atom. The Morgan fingerprint density at radius 3 is 2.15 bits per heavy atom. The van der Waals surface area contributed by atoms with Crippen molar-refractivity contribution >= 4 is 16.9 Å². The number of nitrogens with zero attached hydrogens (tertiary/aromatic N) is 3. The molecule has 3 aromatic carbocycles. The molecule has 7 heteroatoms. The predicted molar refractivity (Wildman–Crippen MR) is 158 cm³/mol. The minimum Gasteiger partial charge on any atom is -0.491 e. The van der Waals surface area contributed by atoms with Crippen LogP contribution < -0.4 is 4.74 Å². The lowest BCUT2D eigenvalue weighted by atomic mass is 10.1. The van der Waals surface area contributed by atoms with Gasteiger partial charge in [-0.05, 0) is 43.2 Å². The Hall–Kier alpha value is -3.65. The molecule has 1 N–H and O–H groups in total. The average Bonchev–Trinajstić information content (AvgIpc) is 3.24. The molecule has 7 nitrogen and oxygen atoms in total. The van der Waals surface area contributed by atoms with E-state index in [2.05, 4.69) is 50.8 Å². The molecule has 1 aliphatic heterocycles. The molecule has 1 fully saturated rings. The number of carbonyl (C=O) groups excluding carboxylic acids is 1. The average molecular weight is 542 g/mol. The van der Waals surface area contributed by atoms with E-state index in [1.807, 2.05) is 56.3 Å². The molecule has 0 aliphatic carbocycles. The largest absolute Gasteiger partial charge is 0.491 e. The van der Waals surface area contributed by atoms with E-state index >= 15 is 0 Å². The highest BCUT2D eigenvalue weighted by atomic mass is 16.5. The van der Waals surface area contributed by atoms with Crippen molar-refractivity contribution in [3.63, 3.8) is 0 Å². The van der Waals surface area contributed by atoms with Crippen molar-refractivity contribution in [1.82, 2.24) is 14.4 Å². The molecule has 0 unspecified atom stereocenters. The lowest BCUT2D eigenvalue weighted by molar-refractivity contribution is 0.0446. The van der Waals surface area contributed by atoms with Crippen molar-refractivity contribution in [3.8, 4) is 5.75 Å². The van der Waals surface area contributed by atoms with Gasteiger partial charge in [0.05, 0.1) is 12.2 Å². The number of piperazine rings is 1. The molecule has 1 saturated heterocycles. The summed E-state index contributed by atoms with van der Waals surface area (Å²) in [5, 5.41) is 11.5. The monoisotopic (exact) mass is 541 g/mol. The Morgan fingerprint density at radius 2 is 1.50 bits per heavy atom. The normalized spacial score (nSPS) is 15.3. The summed E-state index contributed by atoms with van der Waals surface area (Å²) in [6.45, 7) is 10.3.